The molecule has 3 aromatic rings. The van der Waals surface area contributed by atoms with Crippen molar-refractivity contribution < 1.29 is 9.53 Å². The van der Waals surface area contributed by atoms with E-state index in [9.17, 15) is 4.79 Å². The first-order valence-electron chi connectivity index (χ1n) is 9.52. The molecule has 1 amide bonds. The molecule has 1 heterocycles. The van der Waals surface area contributed by atoms with Gasteiger partial charge in [-0.1, -0.05) is 58.7 Å². The lowest BCUT2D eigenvalue weighted by Gasteiger charge is -2.17. The van der Waals surface area contributed by atoms with Gasteiger partial charge in [0.2, 0.25) is 5.91 Å². The molecule has 0 fully saturated rings. The fourth-order valence-electron chi connectivity index (χ4n) is 2.87. The van der Waals surface area contributed by atoms with E-state index in [-0.39, 0.29) is 17.8 Å². The zero-order chi connectivity index (χ0) is 22.5. The summed E-state index contributed by atoms with van der Waals surface area (Å²) in [5.41, 5.74) is 1.51. The molecule has 164 valence electrons. The van der Waals surface area contributed by atoms with E-state index in [0.717, 1.165) is 5.56 Å². The Morgan fingerprint density at radius 3 is 2.71 bits per heavy atom. The molecule has 1 unspecified atom stereocenters. The van der Waals surface area contributed by atoms with Crippen molar-refractivity contribution in [2.45, 2.75) is 38.6 Å². The summed E-state index contributed by atoms with van der Waals surface area (Å²) >= 11 is 19.6. The summed E-state index contributed by atoms with van der Waals surface area (Å²) in [5, 5.41) is 13.1. The Hall–Kier alpha value is -1.93. The van der Waals surface area contributed by atoms with E-state index in [2.05, 4.69) is 15.5 Å². The SMILES string of the molecule is CCn1c(SCC(=O)Nc2cccc(Cl)c2Cl)nnc1C(C)Oc1cc(C)ccc1Cl. The van der Waals surface area contributed by atoms with Gasteiger partial charge in [0.1, 0.15) is 5.75 Å². The van der Waals surface area contributed by atoms with Gasteiger partial charge in [-0.3, -0.25) is 4.79 Å². The van der Waals surface area contributed by atoms with Crippen molar-refractivity contribution >= 4 is 58.2 Å². The molecule has 0 spiro atoms. The number of thioether (sulfide) groups is 1. The van der Waals surface area contributed by atoms with Gasteiger partial charge in [0.25, 0.3) is 0 Å². The zero-order valence-corrected chi connectivity index (χ0v) is 20.2. The summed E-state index contributed by atoms with van der Waals surface area (Å²) in [6.07, 6.45) is -0.375. The second-order valence-corrected chi connectivity index (χ2v) is 8.85. The molecule has 1 atom stereocenters. The fourth-order valence-corrected chi connectivity index (χ4v) is 4.18. The third kappa shape index (κ3) is 5.86. The minimum atomic E-state index is -0.375. The molecule has 1 N–H and O–H groups in total. The third-order valence-electron chi connectivity index (χ3n) is 4.37. The van der Waals surface area contributed by atoms with Crippen LogP contribution in [0.3, 0.4) is 0 Å². The number of nitrogens with one attached hydrogen (secondary N) is 1. The smallest absolute Gasteiger partial charge is 0.234 e. The number of aryl methyl sites for hydroxylation is 1. The van der Waals surface area contributed by atoms with Crippen molar-refractivity contribution in [3.63, 3.8) is 0 Å². The molecule has 10 heteroatoms. The molecule has 6 nitrogen and oxygen atoms in total. The first kappa shape index (κ1) is 23.7. The second kappa shape index (κ2) is 10.6. The number of hydrogen-bond acceptors (Lipinski definition) is 5. The van der Waals surface area contributed by atoms with E-state index < -0.39 is 0 Å². The normalized spacial score (nSPS) is 11.9. The summed E-state index contributed by atoms with van der Waals surface area (Å²) in [7, 11) is 0. The molecule has 1 aromatic heterocycles. The molecule has 0 radical (unpaired) electrons. The molecule has 3 rings (SSSR count). The Kier molecular flexibility index (Phi) is 8.11. The fraction of sp³-hybridized carbons (Fsp3) is 0.286. The molecule has 0 aliphatic carbocycles. The summed E-state index contributed by atoms with van der Waals surface area (Å²) in [6, 6.07) is 10.7. The van der Waals surface area contributed by atoms with Crippen molar-refractivity contribution in [1.82, 2.24) is 14.8 Å². The largest absolute Gasteiger partial charge is 0.481 e. The van der Waals surface area contributed by atoms with E-state index >= 15 is 0 Å². The number of aromatic nitrogens is 3. The van der Waals surface area contributed by atoms with Crippen LogP contribution in [-0.2, 0) is 11.3 Å². The van der Waals surface area contributed by atoms with Crippen molar-refractivity contribution in [2.24, 2.45) is 0 Å². The minimum Gasteiger partial charge on any atom is -0.481 e. The number of benzene rings is 2. The van der Waals surface area contributed by atoms with Crippen LogP contribution in [0.2, 0.25) is 15.1 Å². The Morgan fingerprint density at radius 1 is 1.19 bits per heavy atom. The van der Waals surface area contributed by atoms with Gasteiger partial charge < -0.3 is 14.6 Å². The van der Waals surface area contributed by atoms with Crippen molar-refractivity contribution in [3.8, 4) is 5.75 Å². The number of hydrogen-bond donors (Lipinski definition) is 1. The number of ether oxygens (including phenoxy) is 1. The third-order valence-corrected chi connectivity index (χ3v) is 6.47. The molecule has 2 aromatic carbocycles. The average molecular weight is 500 g/mol. The van der Waals surface area contributed by atoms with Gasteiger partial charge in [-0.15, -0.1) is 10.2 Å². The second-order valence-electron chi connectivity index (χ2n) is 6.72. The standard InChI is InChI=1S/C21H21Cl3N4O2S/c1-4-28-20(13(3)30-17-10-12(2)8-9-14(17)22)26-27-21(28)31-11-18(29)25-16-7-5-6-15(23)19(16)24/h5-10,13H,4,11H2,1-3H3,(H,25,29). The maximum absolute atomic E-state index is 12.4. The lowest BCUT2D eigenvalue weighted by molar-refractivity contribution is -0.113. The van der Waals surface area contributed by atoms with Gasteiger partial charge >= 0.3 is 0 Å². The molecule has 0 saturated heterocycles. The van der Waals surface area contributed by atoms with Gasteiger partial charge in [-0.2, -0.15) is 0 Å². The number of carbonyl (C=O) groups is 1. The molecule has 0 aliphatic rings. The van der Waals surface area contributed by atoms with Crippen LogP contribution in [0.15, 0.2) is 41.6 Å². The van der Waals surface area contributed by atoms with E-state index in [1.165, 1.54) is 11.8 Å². The van der Waals surface area contributed by atoms with Gasteiger partial charge in [-0.25, -0.2) is 0 Å². The molecular weight excluding hydrogens is 479 g/mol. The van der Waals surface area contributed by atoms with Crippen LogP contribution < -0.4 is 10.1 Å². The summed E-state index contributed by atoms with van der Waals surface area (Å²) < 4.78 is 7.94. The van der Waals surface area contributed by atoms with Crippen LogP contribution in [0, 0.1) is 6.92 Å². The molecule has 0 aliphatic heterocycles. The molecule has 0 saturated carbocycles. The highest BCUT2D eigenvalue weighted by molar-refractivity contribution is 7.99. The number of nitrogens with zero attached hydrogens (tertiary/aromatic N) is 3. The highest BCUT2D eigenvalue weighted by Crippen LogP contribution is 2.31. The van der Waals surface area contributed by atoms with Crippen molar-refractivity contribution in [2.75, 3.05) is 11.1 Å². The van der Waals surface area contributed by atoms with Gasteiger partial charge in [-0.05, 0) is 50.6 Å². The lowest BCUT2D eigenvalue weighted by Crippen LogP contribution is -2.15. The highest BCUT2D eigenvalue weighted by atomic mass is 35.5. The highest BCUT2D eigenvalue weighted by Gasteiger charge is 2.20. The maximum Gasteiger partial charge on any atom is 0.234 e. The number of amides is 1. The topological polar surface area (TPSA) is 69.0 Å². The zero-order valence-electron chi connectivity index (χ0n) is 17.2. The Labute approximate surface area is 200 Å². The average Bonchev–Trinajstić information content (AvgIpc) is 3.15. The predicted octanol–water partition coefficient (Wildman–Crippen LogP) is 6.44. The van der Waals surface area contributed by atoms with E-state index in [0.29, 0.717) is 44.0 Å². The van der Waals surface area contributed by atoms with Crippen LogP contribution in [0.5, 0.6) is 5.75 Å². The molecule has 0 bridgehead atoms. The number of halogens is 3. The molecule has 31 heavy (non-hydrogen) atoms. The first-order valence-corrected chi connectivity index (χ1v) is 11.6. The summed E-state index contributed by atoms with van der Waals surface area (Å²) in [4.78, 5) is 12.4. The van der Waals surface area contributed by atoms with Gasteiger partial charge in [0.05, 0.1) is 26.5 Å². The number of anilines is 1. The Balaban J connectivity index is 1.67. The number of rotatable bonds is 8. The molecular formula is C21H21Cl3N4O2S. The van der Waals surface area contributed by atoms with Crippen LogP contribution >= 0.6 is 46.6 Å². The quantitative estimate of drug-likeness (QED) is 0.361. The van der Waals surface area contributed by atoms with Gasteiger partial charge in [0.15, 0.2) is 17.1 Å². The van der Waals surface area contributed by atoms with Crippen LogP contribution in [0.1, 0.15) is 31.3 Å². The number of carbonyl (C=O) groups excluding carboxylic acids is 1. The minimum absolute atomic E-state index is 0.139. The van der Waals surface area contributed by atoms with Crippen molar-refractivity contribution in [1.29, 1.82) is 0 Å². The van der Waals surface area contributed by atoms with E-state index in [1.54, 1.807) is 24.3 Å². The van der Waals surface area contributed by atoms with Gasteiger partial charge in [0, 0.05) is 6.54 Å². The Bertz CT molecular complexity index is 1090. The monoisotopic (exact) mass is 498 g/mol. The lowest BCUT2D eigenvalue weighted by atomic mass is 10.2. The van der Waals surface area contributed by atoms with Crippen LogP contribution in [0.4, 0.5) is 5.69 Å². The van der Waals surface area contributed by atoms with Crippen LogP contribution in [0.25, 0.3) is 0 Å². The summed E-state index contributed by atoms with van der Waals surface area (Å²) in [5.74, 6) is 1.16. The Morgan fingerprint density at radius 2 is 1.97 bits per heavy atom. The van der Waals surface area contributed by atoms with Crippen molar-refractivity contribution in [3.05, 3.63) is 62.9 Å². The van der Waals surface area contributed by atoms with Crippen LogP contribution in [-0.4, -0.2) is 26.4 Å². The predicted molar refractivity (Wildman–Crippen MR) is 127 cm³/mol. The van der Waals surface area contributed by atoms with E-state index in [4.69, 9.17) is 39.5 Å². The first-order chi connectivity index (χ1) is 14.8. The summed E-state index contributed by atoms with van der Waals surface area (Å²) in [6.45, 7) is 6.46. The van der Waals surface area contributed by atoms with E-state index in [1.807, 2.05) is 37.5 Å². The maximum atomic E-state index is 12.4.